The van der Waals surface area contributed by atoms with Crippen molar-refractivity contribution in [2.24, 2.45) is 0 Å². The van der Waals surface area contributed by atoms with Crippen LogP contribution >= 0.6 is 0 Å². The zero-order valence-electron chi connectivity index (χ0n) is 19.7. The molecule has 0 saturated carbocycles. The number of amides is 2. The summed E-state index contributed by atoms with van der Waals surface area (Å²) in [6, 6.07) is 18.9. The van der Waals surface area contributed by atoms with E-state index in [1.54, 1.807) is 18.5 Å². The predicted octanol–water partition coefficient (Wildman–Crippen LogP) is 6.05. The lowest BCUT2D eigenvalue weighted by molar-refractivity contribution is 0.262. The number of anilines is 2. The van der Waals surface area contributed by atoms with E-state index in [0.717, 1.165) is 16.8 Å². The van der Waals surface area contributed by atoms with E-state index in [4.69, 9.17) is 4.52 Å². The Bertz CT molecular complexity index is 1510. The number of hydrogen-bond donors (Lipinski definition) is 2. The Balaban J connectivity index is 1.19. The molecule has 0 aliphatic rings. The summed E-state index contributed by atoms with van der Waals surface area (Å²) in [4.78, 5) is 21.0. The zero-order valence-corrected chi connectivity index (χ0v) is 19.7. The van der Waals surface area contributed by atoms with E-state index in [2.05, 4.69) is 25.8 Å². The fourth-order valence-corrected chi connectivity index (χ4v) is 3.62. The van der Waals surface area contributed by atoms with Gasteiger partial charge in [0.1, 0.15) is 11.5 Å². The van der Waals surface area contributed by atoms with Gasteiger partial charge in [-0.3, -0.25) is 0 Å². The molecule has 5 rings (SSSR count). The summed E-state index contributed by atoms with van der Waals surface area (Å²) in [5.74, 6) is 0.317. The molecule has 0 unspecified atom stereocenters. The van der Waals surface area contributed by atoms with Crippen LogP contribution in [0, 0.1) is 19.7 Å². The molecular weight excluding hydrogens is 459 g/mol. The van der Waals surface area contributed by atoms with Crippen LogP contribution < -0.4 is 10.6 Å². The lowest BCUT2D eigenvalue weighted by atomic mass is 10.1. The highest BCUT2D eigenvalue weighted by atomic mass is 19.1. The first-order valence-electron chi connectivity index (χ1n) is 11.3. The molecule has 5 aromatic rings. The summed E-state index contributed by atoms with van der Waals surface area (Å²) in [5.41, 5.74) is 5.94. The molecule has 2 amide bonds. The summed E-state index contributed by atoms with van der Waals surface area (Å²) in [5, 5.41) is 9.65. The summed E-state index contributed by atoms with van der Waals surface area (Å²) in [7, 11) is 0. The number of imidazole rings is 1. The van der Waals surface area contributed by atoms with Crippen LogP contribution in [0.5, 0.6) is 0 Å². The minimum atomic E-state index is -0.328. The fourth-order valence-electron chi connectivity index (χ4n) is 3.62. The van der Waals surface area contributed by atoms with Gasteiger partial charge in [-0.25, -0.2) is 14.2 Å². The van der Waals surface area contributed by atoms with Gasteiger partial charge in [0.2, 0.25) is 5.82 Å². The highest BCUT2D eigenvalue weighted by molar-refractivity contribution is 5.99. The van der Waals surface area contributed by atoms with Crippen molar-refractivity contribution in [2.45, 2.75) is 20.4 Å². The standard InChI is InChI=1S/C27H23FN6O2/c1-17-3-10-23(13-18(17)2)31-27(35)30-22-11-4-19(5-12-22)14-34-15-24(29-16-34)26-32-25(33-36-26)20-6-8-21(28)9-7-20/h3-13,15-16H,14H2,1-2H3,(H2,30,31,35). The first kappa shape index (κ1) is 23.0. The summed E-state index contributed by atoms with van der Waals surface area (Å²) in [6.07, 6.45) is 3.49. The van der Waals surface area contributed by atoms with Gasteiger partial charge in [0.15, 0.2) is 0 Å². The number of rotatable bonds is 6. The number of carbonyl (C=O) groups excluding carboxylic acids is 1. The van der Waals surface area contributed by atoms with E-state index >= 15 is 0 Å². The third-order valence-corrected chi connectivity index (χ3v) is 5.72. The van der Waals surface area contributed by atoms with Crippen molar-refractivity contribution >= 4 is 17.4 Å². The van der Waals surface area contributed by atoms with Crippen LogP contribution in [0.15, 0.2) is 83.8 Å². The molecule has 3 aromatic carbocycles. The van der Waals surface area contributed by atoms with Gasteiger partial charge < -0.3 is 19.7 Å². The Kier molecular flexibility index (Phi) is 6.27. The Labute approximate surface area is 206 Å². The number of hydrogen-bond acceptors (Lipinski definition) is 5. The van der Waals surface area contributed by atoms with Crippen LogP contribution in [0.4, 0.5) is 20.6 Å². The van der Waals surface area contributed by atoms with Gasteiger partial charge in [-0.05, 0) is 79.1 Å². The minimum Gasteiger partial charge on any atom is -0.332 e. The maximum atomic E-state index is 13.1. The van der Waals surface area contributed by atoms with Gasteiger partial charge in [0.25, 0.3) is 5.89 Å². The maximum Gasteiger partial charge on any atom is 0.323 e. The molecule has 0 saturated heterocycles. The maximum absolute atomic E-state index is 13.1. The van der Waals surface area contributed by atoms with Crippen molar-refractivity contribution in [3.8, 4) is 23.0 Å². The molecule has 0 atom stereocenters. The smallest absolute Gasteiger partial charge is 0.323 e. The van der Waals surface area contributed by atoms with Crippen LogP contribution in [0.1, 0.15) is 16.7 Å². The topological polar surface area (TPSA) is 97.9 Å². The van der Waals surface area contributed by atoms with Crippen molar-refractivity contribution in [3.63, 3.8) is 0 Å². The van der Waals surface area contributed by atoms with Crippen LogP contribution in [0.25, 0.3) is 23.0 Å². The van der Waals surface area contributed by atoms with Gasteiger partial charge in [-0.2, -0.15) is 4.98 Å². The number of aromatic nitrogens is 4. The quantitative estimate of drug-likeness (QED) is 0.307. The van der Waals surface area contributed by atoms with Gasteiger partial charge >= 0.3 is 6.03 Å². The number of nitrogens with zero attached hydrogens (tertiary/aromatic N) is 4. The first-order chi connectivity index (χ1) is 17.4. The molecule has 0 fully saturated rings. The lowest BCUT2D eigenvalue weighted by Gasteiger charge is -2.10. The third kappa shape index (κ3) is 5.30. The summed E-state index contributed by atoms with van der Waals surface area (Å²) >= 11 is 0. The number of urea groups is 1. The van der Waals surface area contributed by atoms with E-state index in [1.807, 2.05) is 67.1 Å². The molecule has 180 valence electrons. The number of carbonyl (C=O) groups is 1. The predicted molar refractivity (Wildman–Crippen MR) is 135 cm³/mol. The zero-order chi connectivity index (χ0) is 25.1. The SMILES string of the molecule is Cc1ccc(NC(=O)Nc2ccc(Cn3cnc(-c4nc(-c5ccc(F)cc5)no4)c3)cc2)cc1C. The summed E-state index contributed by atoms with van der Waals surface area (Å²) < 4.78 is 20.4. The van der Waals surface area contributed by atoms with Crippen LogP contribution in [-0.4, -0.2) is 25.7 Å². The molecule has 2 N–H and O–H groups in total. The molecule has 0 aliphatic carbocycles. The highest BCUT2D eigenvalue weighted by Crippen LogP contribution is 2.22. The molecular formula is C27H23FN6O2. The molecule has 2 heterocycles. The number of benzene rings is 3. The van der Waals surface area contributed by atoms with E-state index in [1.165, 1.54) is 17.7 Å². The number of halogens is 1. The van der Waals surface area contributed by atoms with Gasteiger partial charge in [-0.15, -0.1) is 0 Å². The van der Waals surface area contributed by atoms with Crippen molar-refractivity contribution in [1.82, 2.24) is 19.7 Å². The molecule has 0 aliphatic heterocycles. The highest BCUT2D eigenvalue weighted by Gasteiger charge is 2.13. The second-order valence-corrected chi connectivity index (χ2v) is 8.44. The van der Waals surface area contributed by atoms with Crippen LogP contribution in [-0.2, 0) is 6.54 Å². The number of aryl methyl sites for hydroxylation is 2. The molecule has 0 radical (unpaired) electrons. The summed E-state index contributed by atoms with van der Waals surface area (Å²) in [6.45, 7) is 4.61. The molecule has 2 aromatic heterocycles. The number of nitrogens with one attached hydrogen (secondary N) is 2. The lowest BCUT2D eigenvalue weighted by Crippen LogP contribution is -2.19. The molecule has 9 heteroatoms. The molecule has 36 heavy (non-hydrogen) atoms. The van der Waals surface area contributed by atoms with Crippen LogP contribution in [0.3, 0.4) is 0 Å². The Hall–Kier alpha value is -4.79. The molecule has 0 bridgehead atoms. The normalized spacial score (nSPS) is 10.9. The second kappa shape index (κ2) is 9.83. The Morgan fingerprint density at radius 1 is 0.944 bits per heavy atom. The average molecular weight is 483 g/mol. The molecule has 0 spiro atoms. The van der Waals surface area contributed by atoms with E-state index in [-0.39, 0.29) is 17.7 Å². The second-order valence-electron chi connectivity index (χ2n) is 8.44. The van der Waals surface area contributed by atoms with Crippen molar-refractivity contribution in [1.29, 1.82) is 0 Å². The van der Waals surface area contributed by atoms with Crippen molar-refractivity contribution < 1.29 is 13.7 Å². The third-order valence-electron chi connectivity index (χ3n) is 5.72. The van der Waals surface area contributed by atoms with E-state index in [0.29, 0.717) is 29.3 Å². The van der Waals surface area contributed by atoms with E-state index in [9.17, 15) is 9.18 Å². The fraction of sp³-hybridized carbons (Fsp3) is 0.111. The monoisotopic (exact) mass is 482 g/mol. The van der Waals surface area contributed by atoms with Crippen molar-refractivity contribution in [2.75, 3.05) is 10.6 Å². The van der Waals surface area contributed by atoms with E-state index < -0.39 is 0 Å². The first-order valence-corrected chi connectivity index (χ1v) is 11.3. The average Bonchev–Trinajstić information content (AvgIpc) is 3.53. The molecule has 8 nitrogen and oxygen atoms in total. The van der Waals surface area contributed by atoms with Crippen molar-refractivity contribution in [3.05, 3.63) is 102 Å². The Morgan fingerprint density at radius 3 is 2.42 bits per heavy atom. The Morgan fingerprint density at radius 2 is 1.67 bits per heavy atom. The van der Waals surface area contributed by atoms with Gasteiger partial charge in [0, 0.05) is 29.7 Å². The minimum absolute atomic E-state index is 0.280. The van der Waals surface area contributed by atoms with Gasteiger partial charge in [-0.1, -0.05) is 23.4 Å². The largest absolute Gasteiger partial charge is 0.332 e. The van der Waals surface area contributed by atoms with Crippen LogP contribution in [0.2, 0.25) is 0 Å². The van der Waals surface area contributed by atoms with Gasteiger partial charge in [0.05, 0.1) is 6.33 Å².